The second-order valence-electron chi connectivity index (χ2n) is 5.22. The van der Waals surface area contributed by atoms with Crippen LogP contribution in [-0.4, -0.2) is 23.9 Å². The van der Waals surface area contributed by atoms with Crippen LogP contribution in [0.1, 0.15) is 78.1 Å². The van der Waals surface area contributed by atoms with Crippen LogP contribution in [0.5, 0.6) is 0 Å². The molecule has 20 heavy (non-hydrogen) atoms. The lowest BCUT2D eigenvalue weighted by molar-refractivity contribution is -0.242. The molecule has 5 heteroatoms. The van der Waals surface area contributed by atoms with E-state index in [2.05, 4.69) is 24.2 Å². The summed E-state index contributed by atoms with van der Waals surface area (Å²) < 4.78 is 0. The Bertz CT molecular complexity index is 224. The molecular formula is C15H31NO4. The molecule has 0 spiro atoms. The molecule has 0 saturated heterocycles. The van der Waals surface area contributed by atoms with Gasteiger partial charge in [0.1, 0.15) is 0 Å². The zero-order valence-electron chi connectivity index (χ0n) is 13.0. The topological polar surface area (TPSA) is 67.8 Å². The average Bonchev–Trinajstić information content (AvgIpc) is 2.44. The highest BCUT2D eigenvalue weighted by molar-refractivity contribution is 5.68. The molecule has 0 aliphatic carbocycles. The lowest BCUT2D eigenvalue weighted by Gasteiger charge is -2.17. The minimum atomic E-state index is -0.202. The van der Waals surface area contributed by atoms with Crippen LogP contribution < -0.4 is 5.48 Å². The van der Waals surface area contributed by atoms with E-state index in [1.54, 1.807) is 0 Å². The average molecular weight is 289 g/mol. The molecule has 0 aromatic carbocycles. The maximum absolute atomic E-state index is 11.5. The Kier molecular flexibility index (Phi) is 14.3. The minimum absolute atomic E-state index is 0.202. The van der Waals surface area contributed by atoms with Gasteiger partial charge in [0.05, 0.1) is 6.61 Å². The zero-order valence-corrected chi connectivity index (χ0v) is 13.0. The molecule has 0 heterocycles. The minimum Gasteiger partial charge on any atom is -0.370 e. The van der Waals surface area contributed by atoms with Crippen molar-refractivity contribution >= 4 is 5.97 Å². The van der Waals surface area contributed by atoms with Crippen molar-refractivity contribution in [2.45, 2.75) is 84.1 Å². The van der Waals surface area contributed by atoms with Crippen LogP contribution in [0.3, 0.4) is 0 Å². The van der Waals surface area contributed by atoms with Crippen molar-refractivity contribution in [1.82, 2.24) is 5.48 Å². The first-order valence-electron chi connectivity index (χ1n) is 7.96. The number of carbonyl (C=O) groups is 1. The lowest BCUT2D eigenvalue weighted by Crippen LogP contribution is -2.31. The number of rotatable bonds is 14. The summed E-state index contributed by atoms with van der Waals surface area (Å²) in [6.45, 7) is 4.65. The predicted molar refractivity (Wildman–Crippen MR) is 79.1 cm³/mol. The van der Waals surface area contributed by atoms with E-state index in [4.69, 9.17) is 10.1 Å². The molecule has 0 radical (unpaired) electrons. The van der Waals surface area contributed by atoms with Gasteiger partial charge in [-0.2, -0.15) is 5.48 Å². The SMILES string of the molecule is CCCCCC(CCC)NOC(=O)CCCCCOO. The van der Waals surface area contributed by atoms with Gasteiger partial charge in [-0.1, -0.05) is 46.0 Å². The number of nitrogens with one attached hydrogen (secondary N) is 1. The van der Waals surface area contributed by atoms with E-state index in [0.29, 0.717) is 13.0 Å². The van der Waals surface area contributed by atoms with Crippen molar-refractivity contribution in [3.63, 3.8) is 0 Å². The number of hydrogen-bond acceptors (Lipinski definition) is 5. The van der Waals surface area contributed by atoms with Crippen molar-refractivity contribution in [2.24, 2.45) is 0 Å². The largest absolute Gasteiger partial charge is 0.370 e. The highest BCUT2D eigenvalue weighted by Gasteiger charge is 2.10. The summed E-state index contributed by atoms with van der Waals surface area (Å²) in [6, 6.07) is 0.276. The quantitative estimate of drug-likeness (QED) is 0.289. The van der Waals surface area contributed by atoms with Gasteiger partial charge in [-0.3, -0.25) is 10.1 Å². The molecule has 0 amide bonds. The van der Waals surface area contributed by atoms with Crippen molar-refractivity contribution < 1.29 is 19.8 Å². The third-order valence-electron chi connectivity index (χ3n) is 3.25. The van der Waals surface area contributed by atoms with E-state index >= 15 is 0 Å². The maximum atomic E-state index is 11.5. The van der Waals surface area contributed by atoms with Crippen LogP contribution in [-0.2, 0) is 14.5 Å². The van der Waals surface area contributed by atoms with Gasteiger partial charge in [-0.05, 0) is 25.7 Å². The molecule has 5 nitrogen and oxygen atoms in total. The second-order valence-corrected chi connectivity index (χ2v) is 5.22. The van der Waals surface area contributed by atoms with Gasteiger partial charge in [0.25, 0.3) is 0 Å². The molecule has 0 fully saturated rings. The Morgan fingerprint density at radius 1 is 1.05 bits per heavy atom. The maximum Gasteiger partial charge on any atom is 0.324 e. The van der Waals surface area contributed by atoms with Gasteiger partial charge >= 0.3 is 5.97 Å². The first-order valence-corrected chi connectivity index (χ1v) is 7.96. The number of carbonyl (C=O) groups excluding carboxylic acids is 1. The van der Waals surface area contributed by atoms with Gasteiger partial charge in [-0.15, -0.1) is 0 Å². The van der Waals surface area contributed by atoms with E-state index in [9.17, 15) is 4.79 Å². The Balaban J connectivity index is 3.64. The van der Waals surface area contributed by atoms with Gasteiger partial charge in [0.15, 0.2) is 0 Å². The highest BCUT2D eigenvalue weighted by Crippen LogP contribution is 2.09. The van der Waals surface area contributed by atoms with Gasteiger partial charge in [0.2, 0.25) is 0 Å². The van der Waals surface area contributed by atoms with Crippen LogP contribution >= 0.6 is 0 Å². The van der Waals surface area contributed by atoms with Crippen molar-refractivity contribution in [3.8, 4) is 0 Å². The highest BCUT2D eigenvalue weighted by atomic mass is 17.1. The summed E-state index contributed by atoms with van der Waals surface area (Å²) in [6.07, 6.45) is 9.56. The van der Waals surface area contributed by atoms with E-state index in [0.717, 1.165) is 38.5 Å². The van der Waals surface area contributed by atoms with Crippen LogP contribution in [0, 0.1) is 0 Å². The first-order chi connectivity index (χ1) is 9.74. The Morgan fingerprint density at radius 3 is 2.50 bits per heavy atom. The molecule has 0 bridgehead atoms. The van der Waals surface area contributed by atoms with Gasteiger partial charge in [-0.25, -0.2) is 4.89 Å². The molecule has 120 valence electrons. The van der Waals surface area contributed by atoms with Crippen LogP contribution in [0.25, 0.3) is 0 Å². The van der Waals surface area contributed by atoms with Gasteiger partial charge in [0, 0.05) is 12.5 Å². The smallest absolute Gasteiger partial charge is 0.324 e. The fourth-order valence-electron chi connectivity index (χ4n) is 2.06. The molecule has 0 rings (SSSR count). The molecule has 0 saturated carbocycles. The molecule has 1 atom stereocenters. The normalized spacial score (nSPS) is 12.3. The Morgan fingerprint density at radius 2 is 1.85 bits per heavy atom. The van der Waals surface area contributed by atoms with Crippen molar-refractivity contribution in [3.05, 3.63) is 0 Å². The standard InChI is InChI=1S/C15H31NO4/c1-3-5-7-11-14(10-4-2)16-20-15(17)12-8-6-9-13-19-18/h14,16,18H,3-13H2,1-2H3. The summed E-state index contributed by atoms with van der Waals surface area (Å²) in [5.74, 6) is -0.202. The van der Waals surface area contributed by atoms with Crippen LogP contribution in [0.15, 0.2) is 0 Å². The van der Waals surface area contributed by atoms with E-state index in [1.165, 1.54) is 19.3 Å². The van der Waals surface area contributed by atoms with E-state index in [-0.39, 0.29) is 12.0 Å². The first kappa shape index (κ1) is 19.4. The Hall–Kier alpha value is -0.650. The summed E-state index contributed by atoms with van der Waals surface area (Å²) in [5, 5.41) is 8.16. The van der Waals surface area contributed by atoms with Gasteiger partial charge < -0.3 is 4.84 Å². The summed E-state index contributed by atoms with van der Waals surface area (Å²) in [7, 11) is 0. The van der Waals surface area contributed by atoms with Crippen molar-refractivity contribution in [2.75, 3.05) is 6.61 Å². The monoisotopic (exact) mass is 289 g/mol. The third-order valence-corrected chi connectivity index (χ3v) is 3.25. The molecule has 0 aromatic rings. The number of hydroxylamine groups is 1. The third kappa shape index (κ3) is 12.4. The summed E-state index contributed by atoms with van der Waals surface area (Å²) in [4.78, 5) is 20.6. The van der Waals surface area contributed by atoms with E-state index < -0.39 is 0 Å². The summed E-state index contributed by atoms with van der Waals surface area (Å²) in [5.41, 5.74) is 2.92. The Labute approximate surface area is 122 Å². The number of hydrogen-bond donors (Lipinski definition) is 2. The lowest BCUT2D eigenvalue weighted by atomic mass is 10.1. The molecule has 1 unspecified atom stereocenters. The zero-order chi connectivity index (χ0) is 15.1. The molecule has 0 aromatic heterocycles. The number of unbranched alkanes of at least 4 members (excludes halogenated alkanes) is 4. The molecule has 0 aliphatic heterocycles. The second kappa shape index (κ2) is 14.8. The fraction of sp³-hybridized carbons (Fsp3) is 0.933. The predicted octanol–water partition coefficient (Wildman–Crippen LogP) is 3.83. The van der Waals surface area contributed by atoms with Crippen LogP contribution in [0.4, 0.5) is 0 Å². The molecular weight excluding hydrogens is 258 g/mol. The summed E-state index contributed by atoms with van der Waals surface area (Å²) >= 11 is 0. The fourth-order valence-corrected chi connectivity index (χ4v) is 2.06. The molecule has 2 N–H and O–H groups in total. The van der Waals surface area contributed by atoms with Crippen molar-refractivity contribution in [1.29, 1.82) is 0 Å². The van der Waals surface area contributed by atoms with Crippen LogP contribution in [0.2, 0.25) is 0 Å². The van der Waals surface area contributed by atoms with E-state index in [1.807, 2.05) is 0 Å². The molecule has 0 aliphatic rings.